The van der Waals surface area contributed by atoms with Crippen LogP contribution < -0.4 is 26.2 Å². The number of furan rings is 1. The summed E-state index contributed by atoms with van der Waals surface area (Å²) >= 11 is 0. The van der Waals surface area contributed by atoms with Crippen LogP contribution in [0.25, 0.3) is 121 Å². The van der Waals surface area contributed by atoms with Crippen LogP contribution in [0.15, 0.2) is 289 Å². The second kappa shape index (κ2) is 25.8. The zero-order valence-electron chi connectivity index (χ0n) is 74.0. The summed E-state index contributed by atoms with van der Waals surface area (Å²) in [5.74, 6) is 0. The molecule has 0 unspecified atom stereocenters. The standard InChI is InChI=1S/C108H101BN4O/c1-103(2,3)74-41-48-90-84(61-74)85-62-75(104(4,5)6)42-49-91(85)110(90)80-45-47-89-97(65-80)113(95-39-29-37-83-82-36-28-38-94(101(82)114-102(83)95)112-92-50-43-76(105(7,8)9)63-86(92)87-64-77(106(10,11)12)44-51-93(87)112)99-59-73(68-34-26-21-27-35-68)58-98-100(99)109(89)88-46-40-69(72-53-78(107(13,14)15)60-79(54-72)108(16,17)18)57-96(88)111(98)81-55-70(66-30-22-19-23-31-66)52-71(56-81)67-32-24-20-25-33-67/h19-65H,1-18H3/i21D,26D,27D,34D,35D. The van der Waals surface area contributed by atoms with Crippen molar-refractivity contribution in [1.82, 2.24) is 9.13 Å². The van der Waals surface area contributed by atoms with Crippen LogP contribution in [-0.2, 0) is 32.5 Å². The number of hydrogen-bond acceptors (Lipinski definition) is 3. The molecule has 19 rings (SSSR count). The van der Waals surface area contributed by atoms with Crippen LogP contribution in [0.4, 0.5) is 34.1 Å². The molecular formula is C108H101BN4O. The van der Waals surface area contributed by atoms with Crippen molar-refractivity contribution in [3.8, 4) is 55.9 Å². The number of nitrogens with zero attached hydrogens (tertiary/aromatic N) is 4. The average Bonchev–Trinajstić information content (AvgIpc) is 0.899. The Balaban J connectivity index is 0.963. The molecule has 6 heteroatoms. The Kier molecular flexibility index (Phi) is 15.1. The monoisotopic (exact) mass is 1490 g/mol. The maximum Gasteiger partial charge on any atom is 0.252 e. The van der Waals surface area contributed by atoms with E-state index in [1.807, 2.05) is 0 Å². The number of rotatable bonds is 8. The third kappa shape index (κ3) is 12.0. The van der Waals surface area contributed by atoms with Gasteiger partial charge in [0.25, 0.3) is 6.71 Å². The number of aromatic nitrogens is 2. The summed E-state index contributed by atoms with van der Waals surface area (Å²) in [4.78, 5) is 4.81. The number of para-hydroxylation sites is 2. The van der Waals surface area contributed by atoms with E-state index in [4.69, 9.17) is 5.79 Å². The van der Waals surface area contributed by atoms with Gasteiger partial charge in [-0.25, -0.2) is 0 Å². The van der Waals surface area contributed by atoms with Crippen LogP contribution in [-0.4, -0.2) is 15.8 Å². The average molecular weight is 1490 g/mol. The molecule has 0 radical (unpaired) electrons. The molecule has 0 saturated heterocycles. The summed E-state index contributed by atoms with van der Waals surface area (Å²) < 4.78 is 61.1. The van der Waals surface area contributed by atoms with Crippen molar-refractivity contribution in [3.63, 3.8) is 0 Å². The first-order chi connectivity index (χ1) is 56.4. The maximum absolute atomic E-state index is 10.1. The van der Waals surface area contributed by atoms with E-state index in [9.17, 15) is 5.48 Å². The van der Waals surface area contributed by atoms with Crippen molar-refractivity contribution in [2.45, 2.75) is 157 Å². The second-order valence-corrected chi connectivity index (χ2v) is 38.4. The molecule has 114 heavy (non-hydrogen) atoms. The Hall–Kier alpha value is -11.9. The molecule has 17 aromatic rings. The predicted octanol–water partition coefficient (Wildman–Crippen LogP) is 28.3. The van der Waals surface area contributed by atoms with Gasteiger partial charge in [0.15, 0.2) is 11.2 Å². The lowest BCUT2D eigenvalue weighted by molar-refractivity contribution is 0.569. The van der Waals surface area contributed by atoms with E-state index in [0.29, 0.717) is 11.1 Å². The van der Waals surface area contributed by atoms with E-state index in [1.54, 1.807) is 0 Å². The third-order valence-electron chi connectivity index (χ3n) is 24.4. The fourth-order valence-electron chi connectivity index (χ4n) is 18.0. The van der Waals surface area contributed by atoms with Crippen LogP contribution in [0.3, 0.4) is 0 Å². The van der Waals surface area contributed by atoms with E-state index in [1.165, 1.54) is 54.9 Å². The van der Waals surface area contributed by atoms with Gasteiger partial charge in [0.2, 0.25) is 0 Å². The number of hydrogen-bond donors (Lipinski definition) is 0. The normalized spacial score (nSPS) is 14.1. The molecule has 14 aromatic carbocycles. The minimum atomic E-state index is -0.457. The highest BCUT2D eigenvalue weighted by atomic mass is 16.3. The van der Waals surface area contributed by atoms with E-state index in [0.717, 1.165) is 134 Å². The zero-order valence-corrected chi connectivity index (χ0v) is 69.0. The fraction of sp³-hybridized carbons (Fsp3) is 0.222. The highest BCUT2D eigenvalue weighted by molar-refractivity contribution is 7.00. The van der Waals surface area contributed by atoms with E-state index >= 15 is 0 Å². The Bertz CT molecular complexity index is 6860. The third-order valence-corrected chi connectivity index (χ3v) is 24.4. The number of benzene rings is 14. The molecule has 2 aliphatic heterocycles. The molecule has 2 aliphatic rings. The molecule has 0 fully saturated rings. The fourth-order valence-corrected chi connectivity index (χ4v) is 18.0. The van der Waals surface area contributed by atoms with Gasteiger partial charge in [-0.3, -0.25) is 0 Å². The minimum absolute atomic E-state index is 0.0962. The summed E-state index contributed by atoms with van der Waals surface area (Å²) in [6.07, 6.45) is 0. The molecule has 0 amide bonds. The van der Waals surface area contributed by atoms with Crippen molar-refractivity contribution in [1.29, 1.82) is 0 Å². The van der Waals surface area contributed by atoms with Gasteiger partial charge in [-0.2, -0.15) is 0 Å². The largest absolute Gasteiger partial charge is 0.452 e. The molecule has 0 saturated carbocycles. The second-order valence-electron chi connectivity index (χ2n) is 38.4. The smallest absolute Gasteiger partial charge is 0.252 e. The van der Waals surface area contributed by atoms with Crippen molar-refractivity contribution in [2.24, 2.45) is 0 Å². The van der Waals surface area contributed by atoms with Crippen LogP contribution in [0.1, 0.15) is 165 Å². The lowest BCUT2D eigenvalue weighted by Crippen LogP contribution is -2.61. The topological polar surface area (TPSA) is 29.5 Å². The van der Waals surface area contributed by atoms with Crippen molar-refractivity contribution in [2.75, 3.05) is 9.80 Å². The molecule has 562 valence electrons. The van der Waals surface area contributed by atoms with Gasteiger partial charge in [0.1, 0.15) is 0 Å². The van der Waals surface area contributed by atoms with Gasteiger partial charge in [-0.05, 0) is 236 Å². The molecule has 5 nitrogen and oxygen atoms in total. The molecule has 0 atom stereocenters. The zero-order chi connectivity index (χ0) is 83.5. The summed E-state index contributed by atoms with van der Waals surface area (Å²) in [5, 5.41) is 6.58. The van der Waals surface area contributed by atoms with Gasteiger partial charge < -0.3 is 23.4 Å². The Morgan fingerprint density at radius 1 is 0.254 bits per heavy atom. The van der Waals surface area contributed by atoms with E-state index in [2.05, 4.69) is 398 Å². The Labute approximate surface area is 680 Å². The van der Waals surface area contributed by atoms with E-state index < -0.39 is 24.8 Å². The number of anilines is 6. The van der Waals surface area contributed by atoms with Crippen LogP contribution in [0.2, 0.25) is 0 Å². The molecule has 0 spiro atoms. The molecule has 0 N–H and O–H groups in total. The highest BCUT2D eigenvalue weighted by Gasteiger charge is 2.45. The van der Waals surface area contributed by atoms with Crippen molar-refractivity contribution >= 4 is 123 Å². The molecule has 5 heterocycles. The first-order valence-electron chi connectivity index (χ1n) is 43.1. The van der Waals surface area contributed by atoms with Crippen molar-refractivity contribution in [3.05, 3.63) is 318 Å². The first kappa shape index (κ1) is 66.7. The van der Waals surface area contributed by atoms with Crippen LogP contribution in [0, 0.1) is 0 Å². The number of fused-ring (bicyclic) bond motifs is 13. The molecular weight excluding hydrogens is 1380 g/mol. The quantitative estimate of drug-likeness (QED) is 0.142. The van der Waals surface area contributed by atoms with Gasteiger partial charge in [0.05, 0.1) is 40.3 Å². The summed E-state index contributed by atoms with van der Waals surface area (Å²) in [5.41, 5.74) is 29.2. The lowest BCUT2D eigenvalue weighted by atomic mass is 9.33. The lowest BCUT2D eigenvalue weighted by Gasteiger charge is -2.44. The van der Waals surface area contributed by atoms with Crippen LogP contribution in [0.5, 0.6) is 0 Å². The molecule has 0 bridgehead atoms. The Morgan fingerprint density at radius 3 is 1.13 bits per heavy atom. The maximum atomic E-state index is 10.1. The van der Waals surface area contributed by atoms with Crippen LogP contribution >= 0.6 is 0 Å². The predicted molar refractivity (Wildman–Crippen MR) is 490 cm³/mol. The summed E-state index contributed by atoms with van der Waals surface area (Å²) in [7, 11) is 0. The minimum Gasteiger partial charge on any atom is -0.452 e. The van der Waals surface area contributed by atoms with Crippen molar-refractivity contribution < 1.29 is 11.3 Å². The van der Waals surface area contributed by atoms with Gasteiger partial charge in [-0.1, -0.05) is 300 Å². The van der Waals surface area contributed by atoms with E-state index in [-0.39, 0.29) is 50.1 Å². The summed E-state index contributed by atoms with van der Waals surface area (Å²) in [6.45, 7) is 40.8. The Morgan fingerprint density at radius 2 is 0.658 bits per heavy atom. The SMILES string of the molecule is [2H]c1c([2H])c([2H])c(-c2cc3c4c(c2)N(c2cccc5c2oc2c(-n6c7ccc(C(C)(C)C)cc7c7cc(C(C)(C)C)ccc76)cccc25)c2cc(-n5c6ccc(C(C)(C)C)cc6c6cc(C(C)(C)C)ccc65)ccc2B4c2ccc(-c4cc(C(C)(C)C)cc(C(C)(C)C)c4)cc2N3c2cc(-c3ccccc3)cc(-c3ccccc3)c2)c([2H])c1[2H]. The first-order valence-corrected chi connectivity index (χ1v) is 40.6. The molecule has 3 aromatic heterocycles. The summed E-state index contributed by atoms with van der Waals surface area (Å²) in [6, 6.07) is 92.9. The highest BCUT2D eigenvalue weighted by Crippen LogP contribution is 2.53. The van der Waals surface area contributed by atoms with Gasteiger partial charge in [-0.15, -0.1) is 0 Å². The molecule has 0 aliphatic carbocycles. The van der Waals surface area contributed by atoms with Gasteiger partial charge in [0, 0.05) is 66.4 Å². The van der Waals surface area contributed by atoms with Gasteiger partial charge >= 0.3 is 0 Å².